The minimum absolute atomic E-state index is 0.0584. The number of hydrogen-bond acceptors (Lipinski definition) is 7. The van der Waals surface area contributed by atoms with Gasteiger partial charge >= 0.3 is 0 Å². The second kappa shape index (κ2) is 7.21. The van der Waals surface area contributed by atoms with Crippen molar-refractivity contribution >= 4 is 32.6 Å². The first kappa shape index (κ1) is 20.8. The molecule has 0 atom stereocenters. The van der Waals surface area contributed by atoms with Crippen LogP contribution in [0.15, 0.2) is 24.4 Å². The molecule has 3 saturated heterocycles. The van der Waals surface area contributed by atoms with E-state index in [2.05, 4.69) is 20.6 Å². The summed E-state index contributed by atoms with van der Waals surface area (Å²) < 4.78 is 54.3. The highest BCUT2D eigenvalue weighted by Crippen LogP contribution is 2.48. The van der Waals surface area contributed by atoms with Crippen molar-refractivity contribution in [2.45, 2.75) is 24.8 Å². The number of nitrogens with zero attached hydrogens (tertiary/aromatic N) is 4. The maximum atomic E-state index is 14.7. The van der Waals surface area contributed by atoms with E-state index in [1.54, 1.807) is 11.1 Å². The molecule has 5 rings (SSSR count). The Morgan fingerprint density at radius 3 is 2.55 bits per heavy atom. The number of para-hydroxylation sites is 1. The van der Waals surface area contributed by atoms with Crippen molar-refractivity contribution in [3.05, 3.63) is 24.4 Å². The molecule has 0 aliphatic carbocycles. The van der Waals surface area contributed by atoms with E-state index in [0.29, 0.717) is 62.7 Å². The van der Waals surface area contributed by atoms with Crippen LogP contribution in [0, 0.1) is 5.41 Å². The summed E-state index contributed by atoms with van der Waals surface area (Å²) in [5, 5.41) is 7.09. The van der Waals surface area contributed by atoms with E-state index in [9.17, 15) is 17.2 Å². The van der Waals surface area contributed by atoms with Crippen LogP contribution < -0.4 is 15.5 Å². The highest BCUT2D eigenvalue weighted by molar-refractivity contribution is 7.88. The summed E-state index contributed by atoms with van der Waals surface area (Å²) >= 11 is 0. The monoisotopic (exact) mass is 452 g/mol. The fourth-order valence-corrected chi connectivity index (χ4v) is 5.67. The molecule has 0 unspecified atom stereocenters. The Labute approximate surface area is 180 Å². The van der Waals surface area contributed by atoms with Crippen LogP contribution in [0.3, 0.4) is 0 Å². The van der Waals surface area contributed by atoms with E-state index in [-0.39, 0.29) is 12.6 Å². The van der Waals surface area contributed by atoms with Gasteiger partial charge in [0.25, 0.3) is 5.92 Å². The number of hydrogen-bond donors (Lipinski definition) is 2. The van der Waals surface area contributed by atoms with Crippen LogP contribution >= 0.6 is 0 Å². The molecule has 168 valence electrons. The van der Waals surface area contributed by atoms with Crippen molar-refractivity contribution in [3.63, 3.8) is 0 Å². The predicted octanol–water partition coefficient (Wildman–Crippen LogP) is 1.51. The van der Waals surface area contributed by atoms with Crippen LogP contribution in [-0.4, -0.2) is 80.2 Å². The van der Waals surface area contributed by atoms with Gasteiger partial charge < -0.3 is 15.5 Å². The van der Waals surface area contributed by atoms with Gasteiger partial charge in [0.1, 0.15) is 0 Å². The van der Waals surface area contributed by atoms with Gasteiger partial charge in [0.05, 0.1) is 29.4 Å². The van der Waals surface area contributed by atoms with E-state index in [0.717, 1.165) is 5.39 Å². The lowest BCUT2D eigenvalue weighted by Crippen LogP contribution is -2.62. The lowest BCUT2D eigenvalue weighted by molar-refractivity contribution is -0.107. The average Bonchev–Trinajstić information content (AvgIpc) is 2.98. The molecule has 2 aromatic rings. The molecular formula is C20H26F2N6O2S. The number of aromatic nitrogens is 2. The smallest absolute Gasteiger partial charge is 0.274 e. The van der Waals surface area contributed by atoms with Crippen molar-refractivity contribution < 1.29 is 17.2 Å². The zero-order valence-corrected chi connectivity index (χ0v) is 18.1. The molecule has 1 spiro atoms. The first-order valence-corrected chi connectivity index (χ1v) is 12.3. The normalized spacial score (nSPS) is 23.9. The molecule has 11 heteroatoms. The van der Waals surface area contributed by atoms with Crippen LogP contribution in [0.4, 0.5) is 20.4 Å². The zero-order chi connectivity index (χ0) is 21.9. The second-order valence-corrected chi connectivity index (χ2v) is 10.9. The van der Waals surface area contributed by atoms with Crippen molar-refractivity contribution in [2.75, 3.05) is 55.7 Å². The van der Waals surface area contributed by atoms with Crippen LogP contribution in [-0.2, 0) is 10.0 Å². The molecule has 8 nitrogen and oxygen atoms in total. The second-order valence-electron chi connectivity index (χ2n) is 8.93. The zero-order valence-electron chi connectivity index (χ0n) is 17.3. The number of halogens is 2. The molecule has 0 bridgehead atoms. The molecule has 0 radical (unpaired) electrons. The molecule has 1 aromatic heterocycles. The topological polar surface area (TPSA) is 90.5 Å². The van der Waals surface area contributed by atoms with Gasteiger partial charge in [-0.15, -0.1) is 0 Å². The first-order chi connectivity index (χ1) is 14.7. The minimum Gasteiger partial charge on any atom is -0.363 e. The molecule has 3 aliphatic rings. The number of sulfonamides is 1. The quantitative estimate of drug-likeness (QED) is 0.727. The van der Waals surface area contributed by atoms with Gasteiger partial charge in [0, 0.05) is 50.3 Å². The van der Waals surface area contributed by atoms with E-state index < -0.39 is 21.4 Å². The van der Waals surface area contributed by atoms with Crippen molar-refractivity contribution in [1.82, 2.24) is 19.6 Å². The molecule has 31 heavy (non-hydrogen) atoms. The Bertz CT molecular complexity index is 1100. The minimum atomic E-state index is -3.18. The number of rotatable bonds is 4. The number of fused-ring (bicyclic) bond motifs is 1. The van der Waals surface area contributed by atoms with E-state index in [1.807, 2.05) is 18.2 Å². The summed E-state index contributed by atoms with van der Waals surface area (Å²) in [6, 6.07) is 5.62. The van der Waals surface area contributed by atoms with Gasteiger partial charge in [-0.3, -0.25) is 0 Å². The van der Waals surface area contributed by atoms with Gasteiger partial charge in [-0.1, -0.05) is 12.1 Å². The third-order valence-corrected chi connectivity index (χ3v) is 8.08. The van der Waals surface area contributed by atoms with Crippen molar-refractivity contribution in [3.8, 4) is 0 Å². The Morgan fingerprint density at radius 2 is 1.94 bits per heavy atom. The predicted molar refractivity (Wildman–Crippen MR) is 115 cm³/mol. The molecule has 2 N–H and O–H groups in total. The molecule has 0 saturated carbocycles. The third kappa shape index (κ3) is 3.62. The van der Waals surface area contributed by atoms with Crippen molar-refractivity contribution in [1.29, 1.82) is 0 Å². The SMILES string of the molecule is CS(=O)(=O)N1CCC(Nc2ncc3cccc(N4CC(F)(F)C5(CNC5)C4)c3n2)CC1. The van der Waals surface area contributed by atoms with Crippen LogP contribution in [0.2, 0.25) is 0 Å². The van der Waals surface area contributed by atoms with Crippen molar-refractivity contribution in [2.24, 2.45) is 5.41 Å². The average molecular weight is 453 g/mol. The van der Waals surface area contributed by atoms with Gasteiger partial charge in [-0.2, -0.15) is 0 Å². The summed E-state index contributed by atoms with van der Waals surface area (Å²) in [5.74, 6) is -2.31. The molecule has 1 aromatic carbocycles. The van der Waals surface area contributed by atoms with Crippen LogP contribution in [0.1, 0.15) is 12.8 Å². The fraction of sp³-hybridized carbons (Fsp3) is 0.600. The summed E-state index contributed by atoms with van der Waals surface area (Å²) in [6.45, 7) is 1.54. The number of anilines is 2. The van der Waals surface area contributed by atoms with Gasteiger partial charge in [-0.05, 0) is 18.9 Å². The molecule has 3 fully saturated rings. The Hall–Kier alpha value is -2.11. The molecule has 3 aliphatic heterocycles. The Balaban J connectivity index is 1.37. The van der Waals surface area contributed by atoms with E-state index in [1.165, 1.54) is 10.6 Å². The van der Waals surface area contributed by atoms with Gasteiger partial charge in [0.2, 0.25) is 16.0 Å². The Morgan fingerprint density at radius 1 is 1.19 bits per heavy atom. The molecule has 4 heterocycles. The number of alkyl halides is 2. The van der Waals surface area contributed by atoms with Crippen LogP contribution in [0.5, 0.6) is 0 Å². The molecular weight excluding hydrogens is 426 g/mol. The maximum Gasteiger partial charge on any atom is 0.274 e. The standard InChI is InChI=1S/C20H26F2N6O2S/c1-31(29,30)28-7-5-15(6-8-28)25-18-24-9-14-3-2-4-16(17(14)26-18)27-12-19(10-23-11-19)20(21,22)13-27/h2-4,9,15,23H,5-8,10-13H2,1H3,(H,24,25,26). The maximum absolute atomic E-state index is 14.7. The first-order valence-electron chi connectivity index (χ1n) is 10.5. The Kier molecular flexibility index (Phi) is 4.83. The highest BCUT2D eigenvalue weighted by Gasteiger charge is 2.63. The van der Waals surface area contributed by atoms with Gasteiger partial charge in [-0.25, -0.2) is 31.5 Å². The summed E-state index contributed by atoms with van der Waals surface area (Å²) in [6.07, 6.45) is 4.24. The third-order valence-electron chi connectivity index (χ3n) is 6.77. The van der Waals surface area contributed by atoms with Crippen LogP contribution in [0.25, 0.3) is 10.9 Å². The fourth-order valence-electron chi connectivity index (χ4n) is 4.79. The summed E-state index contributed by atoms with van der Waals surface area (Å²) in [4.78, 5) is 10.8. The van der Waals surface area contributed by atoms with E-state index >= 15 is 0 Å². The highest BCUT2D eigenvalue weighted by atomic mass is 32.2. The molecule has 0 amide bonds. The van der Waals surface area contributed by atoms with Gasteiger partial charge in [0.15, 0.2) is 0 Å². The number of piperidine rings is 1. The summed E-state index contributed by atoms with van der Waals surface area (Å²) in [7, 11) is -3.18. The lowest BCUT2D eigenvalue weighted by atomic mass is 9.78. The largest absolute Gasteiger partial charge is 0.363 e. The summed E-state index contributed by atoms with van der Waals surface area (Å²) in [5.41, 5.74) is 0.337. The lowest BCUT2D eigenvalue weighted by Gasteiger charge is -2.42. The van der Waals surface area contributed by atoms with E-state index in [4.69, 9.17) is 0 Å². The number of benzene rings is 1. The number of nitrogens with one attached hydrogen (secondary N) is 2.